The molecule has 132 valence electrons. The molecule has 0 radical (unpaired) electrons. The minimum Gasteiger partial charge on any atom is -0.491 e. The first-order chi connectivity index (χ1) is 11.6. The van der Waals surface area contributed by atoms with Crippen LogP contribution in [0.5, 0.6) is 5.75 Å². The normalized spacial score (nSPS) is 18.1. The molecule has 0 heterocycles. The zero-order valence-corrected chi connectivity index (χ0v) is 14.4. The van der Waals surface area contributed by atoms with Crippen molar-refractivity contribution >= 4 is 0 Å². The van der Waals surface area contributed by atoms with Gasteiger partial charge in [0.1, 0.15) is 18.5 Å². The highest BCUT2D eigenvalue weighted by molar-refractivity contribution is 5.34. The van der Waals surface area contributed by atoms with Gasteiger partial charge in [-0.25, -0.2) is 0 Å². The Kier molecular flexibility index (Phi) is 7.51. The SMILES string of the molecule is CC(O)CN(CC(O)COc1ccc(C#N)cc1)C1CCCCC1. The summed E-state index contributed by atoms with van der Waals surface area (Å²) in [6, 6.07) is 9.37. The van der Waals surface area contributed by atoms with Crippen LogP contribution in [0, 0.1) is 11.3 Å². The summed E-state index contributed by atoms with van der Waals surface area (Å²) in [5.74, 6) is 0.646. The highest BCUT2D eigenvalue weighted by atomic mass is 16.5. The molecule has 5 nitrogen and oxygen atoms in total. The van der Waals surface area contributed by atoms with Crippen LogP contribution in [0.15, 0.2) is 24.3 Å². The topological polar surface area (TPSA) is 76.7 Å². The van der Waals surface area contributed by atoms with Gasteiger partial charge in [-0.05, 0) is 44.0 Å². The lowest BCUT2D eigenvalue weighted by Gasteiger charge is -2.36. The first kappa shape index (κ1) is 18.7. The zero-order chi connectivity index (χ0) is 17.4. The molecular weight excluding hydrogens is 304 g/mol. The molecular formula is C19H28N2O3. The molecule has 0 spiro atoms. The molecule has 2 N–H and O–H groups in total. The number of benzene rings is 1. The van der Waals surface area contributed by atoms with Crippen LogP contribution in [0.25, 0.3) is 0 Å². The Balaban J connectivity index is 1.84. The Morgan fingerprint density at radius 2 is 1.83 bits per heavy atom. The molecule has 1 aliphatic rings. The van der Waals surface area contributed by atoms with Crippen LogP contribution < -0.4 is 4.74 Å². The van der Waals surface area contributed by atoms with Crippen molar-refractivity contribution in [3.05, 3.63) is 29.8 Å². The highest BCUT2D eigenvalue weighted by Crippen LogP contribution is 2.23. The summed E-state index contributed by atoms with van der Waals surface area (Å²) in [5, 5.41) is 28.9. The molecule has 0 aromatic heterocycles. The smallest absolute Gasteiger partial charge is 0.119 e. The van der Waals surface area contributed by atoms with Crippen molar-refractivity contribution in [3.8, 4) is 11.8 Å². The lowest BCUT2D eigenvalue weighted by Crippen LogP contribution is -2.46. The fourth-order valence-corrected chi connectivity index (χ4v) is 3.30. The van der Waals surface area contributed by atoms with E-state index in [4.69, 9.17) is 10.00 Å². The first-order valence-electron chi connectivity index (χ1n) is 8.81. The van der Waals surface area contributed by atoms with E-state index in [1.54, 1.807) is 31.2 Å². The summed E-state index contributed by atoms with van der Waals surface area (Å²) < 4.78 is 5.61. The number of nitriles is 1. The van der Waals surface area contributed by atoms with Crippen molar-refractivity contribution < 1.29 is 14.9 Å². The monoisotopic (exact) mass is 332 g/mol. The van der Waals surface area contributed by atoms with E-state index in [1.807, 2.05) is 0 Å². The Hall–Kier alpha value is -1.61. The van der Waals surface area contributed by atoms with Crippen LogP contribution in [0.1, 0.15) is 44.6 Å². The van der Waals surface area contributed by atoms with Crippen LogP contribution in [-0.2, 0) is 0 Å². The Labute approximate surface area is 144 Å². The summed E-state index contributed by atoms with van der Waals surface area (Å²) in [7, 11) is 0. The fourth-order valence-electron chi connectivity index (χ4n) is 3.30. The standard InChI is InChI=1S/C19H28N2O3/c1-15(22)12-21(17-5-3-2-4-6-17)13-18(23)14-24-19-9-7-16(11-20)8-10-19/h7-10,15,17-18,22-23H,2-6,12-14H2,1H3. The Morgan fingerprint density at radius 1 is 1.17 bits per heavy atom. The molecule has 0 saturated heterocycles. The van der Waals surface area contributed by atoms with Crippen molar-refractivity contribution in [1.82, 2.24) is 4.90 Å². The number of rotatable bonds is 8. The van der Waals surface area contributed by atoms with Crippen LogP contribution in [0.2, 0.25) is 0 Å². The van der Waals surface area contributed by atoms with Gasteiger partial charge in [0.2, 0.25) is 0 Å². The second-order valence-electron chi connectivity index (χ2n) is 6.70. The molecule has 2 rings (SSSR count). The second kappa shape index (κ2) is 9.63. The second-order valence-corrected chi connectivity index (χ2v) is 6.70. The summed E-state index contributed by atoms with van der Waals surface area (Å²) in [6.07, 6.45) is 4.98. The van der Waals surface area contributed by atoms with Crippen molar-refractivity contribution in [2.24, 2.45) is 0 Å². The molecule has 1 aliphatic carbocycles. The van der Waals surface area contributed by atoms with Gasteiger partial charge < -0.3 is 14.9 Å². The predicted octanol–water partition coefficient (Wildman–Crippen LogP) is 2.31. The van der Waals surface area contributed by atoms with Gasteiger partial charge >= 0.3 is 0 Å². The maximum absolute atomic E-state index is 10.3. The lowest BCUT2D eigenvalue weighted by atomic mass is 9.93. The highest BCUT2D eigenvalue weighted by Gasteiger charge is 2.24. The molecule has 1 aromatic carbocycles. The van der Waals surface area contributed by atoms with Crippen LogP contribution in [0.3, 0.4) is 0 Å². The summed E-state index contributed by atoms with van der Waals surface area (Å²) in [6.45, 7) is 3.08. The molecule has 1 saturated carbocycles. The quantitative estimate of drug-likeness (QED) is 0.764. The third-order valence-corrected chi connectivity index (χ3v) is 4.46. The van der Waals surface area contributed by atoms with Gasteiger partial charge in [0.05, 0.1) is 17.7 Å². The number of hydrogen-bond acceptors (Lipinski definition) is 5. The average Bonchev–Trinajstić information content (AvgIpc) is 2.60. The number of aliphatic hydroxyl groups is 2. The molecule has 0 amide bonds. The third-order valence-electron chi connectivity index (χ3n) is 4.46. The van der Waals surface area contributed by atoms with E-state index >= 15 is 0 Å². The predicted molar refractivity (Wildman–Crippen MR) is 92.8 cm³/mol. The van der Waals surface area contributed by atoms with Crippen molar-refractivity contribution in [3.63, 3.8) is 0 Å². The van der Waals surface area contributed by atoms with Gasteiger partial charge in [0, 0.05) is 19.1 Å². The van der Waals surface area contributed by atoms with E-state index in [9.17, 15) is 10.2 Å². The first-order valence-corrected chi connectivity index (χ1v) is 8.81. The van der Waals surface area contributed by atoms with Gasteiger partial charge in [-0.3, -0.25) is 4.90 Å². The molecule has 0 bridgehead atoms. The molecule has 2 unspecified atom stereocenters. The Morgan fingerprint density at radius 3 is 2.42 bits per heavy atom. The molecule has 1 aromatic rings. The van der Waals surface area contributed by atoms with Crippen molar-refractivity contribution in [1.29, 1.82) is 5.26 Å². The maximum Gasteiger partial charge on any atom is 0.119 e. The average molecular weight is 332 g/mol. The fraction of sp³-hybridized carbons (Fsp3) is 0.632. The Bertz CT molecular complexity index is 518. The molecule has 1 fully saturated rings. The van der Waals surface area contributed by atoms with E-state index in [-0.39, 0.29) is 6.61 Å². The number of ether oxygens (including phenoxy) is 1. The van der Waals surface area contributed by atoms with Gasteiger partial charge in [-0.1, -0.05) is 19.3 Å². The minimum atomic E-state index is -0.610. The van der Waals surface area contributed by atoms with Gasteiger partial charge in [-0.15, -0.1) is 0 Å². The summed E-state index contributed by atoms with van der Waals surface area (Å²) in [5.41, 5.74) is 0.586. The minimum absolute atomic E-state index is 0.203. The van der Waals surface area contributed by atoms with Crippen molar-refractivity contribution in [2.45, 2.75) is 57.3 Å². The number of nitrogens with zero attached hydrogens (tertiary/aromatic N) is 2. The van der Waals surface area contributed by atoms with E-state index in [1.165, 1.54) is 19.3 Å². The maximum atomic E-state index is 10.3. The summed E-state index contributed by atoms with van der Waals surface area (Å²) >= 11 is 0. The molecule has 2 atom stereocenters. The number of hydrogen-bond donors (Lipinski definition) is 2. The van der Waals surface area contributed by atoms with Gasteiger partial charge in [0.15, 0.2) is 0 Å². The van der Waals surface area contributed by atoms with Gasteiger partial charge in [0.25, 0.3) is 0 Å². The number of aliphatic hydroxyl groups excluding tert-OH is 2. The van der Waals surface area contributed by atoms with Crippen molar-refractivity contribution in [2.75, 3.05) is 19.7 Å². The van der Waals surface area contributed by atoms with Crippen LogP contribution >= 0.6 is 0 Å². The van der Waals surface area contributed by atoms with Crippen LogP contribution in [0.4, 0.5) is 0 Å². The largest absolute Gasteiger partial charge is 0.491 e. The van der Waals surface area contributed by atoms with E-state index < -0.39 is 12.2 Å². The zero-order valence-electron chi connectivity index (χ0n) is 14.4. The van der Waals surface area contributed by atoms with E-state index in [2.05, 4.69) is 11.0 Å². The van der Waals surface area contributed by atoms with Gasteiger partial charge in [-0.2, -0.15) is 5.26 Å². The molecule has 5 heteroatoms. The molecule has 24 heavy (non-hydrogen) atoms. The van der Waals surface area contributed by atoms with E-state index in [0.29, 0.717) is 30.4 Å². The van der Waals surface area contributed by atoms with Crippen LogP contribution in [-0.4, -0.2) is 53.1 Å². The molecule has 0 aliphatic heterocycles. The van der Waals surface area contributed by atoms with E-state index in [0.717, 1.165) is 12.8 Å². The third kappa shape index (κ3) is 6.12. The lowest BCUT2D eigenvalue weighted by molar-refractivity contribution is 0.0219. The summed E-state index contributed by atoms with van der Waals surface area (Å²) in [4.78, 5) is 2.20.